The number of hydrogen-bond acceptors (Lipinski definition) is 3. The molecule has 0 bridgehead atoms. The van der Waals surface area contributed by atoms with Gasteiger partial charge >= 0.3 is 0 Å². The number of hydrogen-bond donors (Lipinski definition) is 3. The molecule has 1 aromatic rings. The van der Waals surface area contributed by atoms with Gasteiger partial charge in [0.1, 0.15) is 0 Å². The van der Waals surface area contributed by atoms with E-state index in [0.717, 1.165) is 6.42 Å². The molecule has 0 aliphatic carbocycles. The molecule has 0 saturated carbocycles. The van der Waals surface area contributed by atoms with Crippen molar-refractivity contribution in [1.29, 1.82) is 0 Å². The number of halogens is 1. The third-order valence-corrected chi connectivity index (χ3v) is 3.44. The number of nitrogens with one attached hydrogen (secondary N) is 1. The molecule has 5 N–H and O–H groups in total. The fourth-order valence-electron chi connectivity index (χ4n) is 2.20. The zero-order chi connectivity index (χ0) is 16.0. The number of anilines is 1. The summed E-state index contributed by atoms with van der Waals surface area (Å²) in [6, 6.07) is 4.61. The van der Waals surface area contributed by atoms with E-state index in [-0.39, 0.29) is 22.4 Å². The van der Waals surface area contributed by atoms with Crippen LogP contribution in [0.5, 0.6) is 0 Å². The van der Waals surface area contributed by atoms with Gasteiger partial charge in [0.05, 0.1) is 10.6 Å². The highest BCUT2D eigenvalue weighted by Gasteiger charge is 2.15. The van der Waals surface area contributed by atoms with Crippen molar-refractivity contribution in [2.24, 2.45) is 23.3 Å². The van der Waals surface area contributed by atoms with Crippen LogP contribution in [0.3, 0.4) is 0 Å². The topological polar surface area (TPSA) is 98.2 Å². The number of rotatable bonds is 7. The highest BCUT2D eigenvalue weighted by molar-refractivity contribution is 6.34. The van der Waals surface area contributed by atoms with Crippen molar-refractivity contribution >= 4 is 29.1 Å². The Morgan fingerprint density at radius 2 is 2.00 bits per heavy atom. The van der Waals surface area contributed by atoms with Crippen molar-refractivity contribution in [3.05, 3.63) is 28.8 Å². The first-order valence-electron chi connectivity index (χ1n) is 6.92. The zero-order valence-electron chi connectivity index (χ0n) is 12.4. The Morgan fingerprint density at radius 1 is 1.33 bits per heavy atom. The number of benzene rings is 1. The summed E-state index contributed by atoms with van der Waals surface area (Å²) in [6.07, 6.45) is 1.27. The fourth-order valence-corrected chi connectivity index (χ4v) is 2.47. The largest absolute Gasteiger partial charge is 0.366 e. The van der Waals surface area contributed by atoms with Crippen molar-refractivity contribution in [2.75, 3.05) is 11.9 Å². The molecule has 0 saturated heterocycles. The van der Waals surface area contributed by atoms with E-state index >= 15 is 0 Å². The van der Waals surface area contributed by atoms with E-state index in [2.05, 4.69) is 19.2 Å². The second-order valence-corrected chi connectivity index (χ2v) is 5.95. The minimum atomic E-state index is -0.599. The first kappa shape index (κ1) is 17.5. The molecule has 1 unspecified atom stereocenters. The Hall–Kier alpha value is -1.59. The summed E-state index contributed by atoms with van der Waals surface area (Å²) in [7, 11) is 0. The first-order valence-corrected chi connectivity index (χ1v) is 7.30. The van der Waals surface area contributed by atoms with Gasteiger partial charge in [0.2, 0.25) is 11.8 Å². The number of carbonyl (C=O) groups is 2. The van der Waals surface area contributed by atoms with Gasteiger partial charge in [-0.1, -0.05) is 25.4 Å². The van der Waals surface area contributed by atoms with Gasteiger partial charge in [-0.2, -0.15) is 0 Å². The van der Waals surface area contributed by atoms with Crippen LogP contribution in [0.2, 0.25) is 5.02 Å². The summed E-state index contributed by atoms with van der Waals surface area (Å²) in [5, 5.41) is 2.98. The van der Waals surface area contributed by atoms with Gasteiger partial charge < -0.3 is 16.8 Å². The average molecular weight is 312 g/mol. The minimum absolute atomic E-state index is 0.117. The van der Waals surface area contributed by atoms with Crippen molar-refractivity contribution in [3.63, 3.8) is 0 Å². The van der Waals surface area contributed by atoms with Crippen LogP contribution in [0.1, 0.15) is 37.0 Å². The van der Waals surface area contributed by atoms with E-state index in [9.17, 15) is 9.59 Å². The molecule has 1 rings (SSSR count). The molecule has 0 aromatic heterocycles. The molecule has 0 spiro atoms. The molecule has 2 amide bonds. The monoisotopic (exact) mass is 311 g/mol. The maximum atomic E-state index is 12.0. The lowest BCUT2D eigenvalue weighted by Crippen LogP contribution is -2.23. The molecular weight excluding hydrogens is 290 g/mol. The summed E-state index contributed by atoms with van der Waals surface area (Å²) in [5.41, 5.74) is 11.6. The van der Waals surface area contributed by atoms with Crippen LogP contribution in [0.25, 0.3) is 0 Å². The van der Waals surface area contributed by atoms with Gasteiger partial charge in [-0.3, -0.25) is 9.59 Å². The lowest BCUT2D eigenvalue weighted by Gasteiger charge is -2.16. The summed E-state index contributed by atoms with van der Waals surface area (Å²) >= 11 is 5.94. The molecule has 0 aliphatic heterocycles. The highest BCUT2D eigenvalue weighted by Crippen LogP contribution is 2.21. The third-order valence-electron chi connectivity index (χ3n) is 3.13. The van der Waals surface area contributed by atoms with Gasteiger partial charge in [0, 0.05) is 12.1 Å². The molecule has 0 heterocycles. The van der Waals surface area contributed by atoms with Gasteiger partial charge in [-0.05, 0) is 43.0 Å². The molecule has 6 heteroatoms. The quantitative estimate of drug-likeness (QED) is 0.721. The number of nitrogens with two attached hydrogens (primary N) is 2. The van der Waals surface area contributed by atoms with E-state index in [4.69, 9.17) is 23.1 Å². The minimum Gasteiger partial charge on any atom is -0.366 e. The SMILES string of the molecule is CC(C)CC(CN)CC(=O)Nc1ccc(C(N)=O)c(Cl)c1. The lowest BCUT2D eigenvalue weighted by atomic mass is 9.94. The van der Waals surface area contributed by atoms with Gasteiger partial charge in [0.25, 0.3) is 0 Å². The van der Waals surface area contributed by atoms with Crippen LogP contribution in [0.4, 0.5) is 5.69 Å². The fraction of sp³-hybridized carbons (Fsp3) is 0.467. The van der Waals surface area contributed by atoms with E-state index < -0.39 is 5.91 Å². The number of carbonyl (C=O) groups excluding carboxylic acids is 2. The molecule has 1 aromatic carbocycles. The molecule has 21 heavy (non-hydrogen) atoms. The van der Waals surface area contributed by atoms with E-state index in [1.165, 1.54) is 12.1 Å². The molecule has 0 fully saturated rings. The van der Waals surface area contributed by atoms with Crippen LogP contribution in [0, 0.1) is 11.8 Å². The standard InChI is InChI=1S/C15H22ClN3O2/c1-9(2)5-10(8-17)6-14(20)19-11-3-4-12(15(18)21)13(16)7-11/h3-4,7,9-10H,5-6,8,17H2,1-2H3,(H2,18,21)(H,19,20). The smallest absolute Gasteiger partial charge is 0.250 e. The lowest BCUT2D eigenvalue weighted by molar-refractivity contribution is -0.117. The normalized spacial score (nSPS) is 12.2. The summed E-state index contributed by atoms with van der Waals surface area (Å²) < 4.78 is 0. The predicted octanol–water partition coefficient (Wildman–Crippen LogP) is 2.39. The second kappa shape index (κ2) is 8.00. The Morgan fingerprint density at radius 3 is 2.48 bits per heavy atom. The maximum absolute atomic E-state index is 12.0. The van der Waals surface area contributed by atoms with Gasteiger partial charge in [-0.25, -0.2) is 0 Å². The van der Waals surface area contributed by atoms with E-state index in [1.807, 2.05) is 0 Å². The van der Waals surface area contributed by atoms with Crippen molar-refractivity contribution in [2.45, 2.75) is 26.7 Å². The molecule has 1 atom stereocenters. The van der Waals surface area contributed by atoms with Crippen LogP contribution in [0.15, 0.2) is 18.2 Å². The van der Waals surface area contributed by atoms with Crippen molar-refractivity contribution in [3.8, 4) is 0 Å². The molecule has 0 radical (unpaired) electrons. The van der Waals surface area contributed by atoms with Gasteiger partial charge in [-0.15, -0.1) is 0 Å². The molecule has 116 valence electrons. The summed E-state index contributed by atoms with van der Waals surface area (Å²) in [5.74, 6) is -0.0620. The number of amides is 2. The van der Waals surface area contributed by atoms with Crippen LogP contribution in [-0.2, 0) is 4.79 Å². The first-order chi connectivity index (χ1) is 9.83. The van der Waals surface area contributed by atoms with Gasteiger partial charge in [0.15, 0.2) is 0 Å². The van der Waals surface area contributed by atoms with Crippen LogP contribution in [-0.4, -0.2) is 18.4 Å². The maximum Gasteiger partial charge on any atom is 0.250 e. The summed E-state index contributed by atoms with van der Waals surface area (Å²) in [6.45, 7) is 4.68. The Balaban J connectivity index is 2.66. The summed E-state index contributed by atoms with van der Waals surface area (Å²) in [4.78, 5) is 23.1. The molecular formula is C15H22ClN3O2. The Labute approximate surface area is 130 Å². The van der Waals surface area contributed by atoms with Crippen LogP contribution < -0.4 is 16.8 Å². The molecule has 0 aliphatic rings. The van der Waals surface area contributed by atoms with Crippen molar-refractivity contribution in [1.82, 2.24) is 0 Å². The van der Waals surface area contributed by atoms with Crippen molar-refractivity contribution < 1.29 is 9.59 Å². The zero-order valence-corrected chi connectivity index (χ0v) is 13.1. The Kier molecular flexibility index (Phi) is 6.65. The second-order valence-electron chi connectivity index (χ2n) is 5.54. The highest BCUT2D eigenvalue weighted by atomic mass is 35.5. The third kappa shape index (κ3) is 5.73. The van der Waals surface area contributed by atoms with E-state index in [1.54, 1.807) is 6.07 Å². The number of primary amides is 1. The molecule has 5 nitrogen and oxygen atoms in total. The van der Waals surface area contributed by atoms with Crippen LogP contribution >= 0.6 is 11.6 Å². The average Bonchev–Trinajstić information content (AvgIpc) is 2.36. The predicted molar refractivity (Wildman–Crippen MR) is 85.2 cm³/mol. The van der Waals surface area contributed by atoms with E-state index in [0.29, 0.717) is 24.6 Å². The Bertz CT molecular complexity index is 518.